The lowest BCUT2D eigenvalue weighted by Crippen LogP contribution is -2.17. The summed E-state index contributed by atoms with van der Waals surface area (Å²) in [6.45, 7) is 1.76. The van der Waals surface area contributed by atoms with Gasteiger partial charge in [0, 0.05) is 10.7 Å². The molecule has 0 fully saturated rings. The molecule has 21 heavy (non-hydrogen) atoms. The fourth-order valence-electron chi connectivity index (χ4n) is 1.03. The summed E-state index contributed by atoms with van der Waals surface area (Å²) in [6, 6.07) is 4.72. The zero-order valence-corrected chi connectivity index (χ0v) is 12.0. The number of ether oxygens (including phenoxy) is 2. The van der Waals surface area contributed by atoms with Crippen LogP contribution in [-0.2, 0) is 14.1 Å². The van der Waals surface area contributed by atoms with Crippen molar-refractivity contribution in [3.8, 4) is 5.75 Å². The molecule has 6 nitrogen and oxygen atoms in total. The van der Waals surface area contributed by atoms with Crippen molar-refractivity contribution in [3.63, 3.8) is 0 Å². The second-order valence-corrected chi connectivity index (χ2v) is 5.20. The molecule has 0 saturated carbocycles. The third kappa shape index (κ3) is 12.0. The van der Waals surface area contributed by atoms with Gasteiger partial charge < -0.3 is 9.47 Å². The van der Waals surface area contributed by atoms with Crippen LogP contribution in [0.15, 0.2) is 24.3 Å². The van der Waals surface area contributed by atoms with Crippen LogP contribution in [0.1, 0.15) is 17.3 Å². The highest BCUT2D eigenvalue weighted by molar-refractivity contribution is 8.09. The van der Waals surface area contributed by atoms with Crippen molar-refractivity contribution in [1.82, 2.24) is 0 Å². The molecular formula is C10H10ClF3O6S. The molecule has 1 N–H and O–H groups in total. The molecule has 0 atom stereocenters. The normalized spacial score (nSPS) is 11.1. The SMILES string of the molecule is CCOC(=O)c1cccc(OC(F)(F)F)c1.O=S(=O)(O)Cl. The highest BCUT2D eigenvalue weighted by Gasteiger charge is 2.31. The van der Waals surface area contributed by atoms with Crippen LogP contribution in [-0.4, -0.2) is 31.9 Å². The van der Waals surface area contributed by atoms with E-state index in [9.17, 15) is 18.0 Å². The van der Waals surface area contributed by atoms with Crippen molar-refractivity contribution in [1.29, 1.82) is 0 Å². The van der Waals surface area contributed by atoms with Crippen molar-refractivity contribution in [3.05, 3.63) is 29.8 Å². The predicted molar refractivity (Wildman–Crippen MR) is 66.5 cm³/mol. The Morgan fingerprint density at radius 2 is 1.90 bits per heavy atom. The number of rotatable bonds is 3. The van der Waals surface area contributed by atoms with E-state index in [1.165, 1.54) is 12.1 Å². The molecule has 0 heterocycles. The van der Waals surface area contributed by atoms with E-state index in [0.29, 0.717) is 0 Å². The molecule has 1 rings (SSSR count). The molecule has 0 radical (unpaired) electrons. The highest BCUT2D eigenvalue weighted by Crippen LogP contribution is 2.23. The molecule has 11 heteroatoms. The Labute approximate surface area is 122 Å². The summed E-state index contributed by atoms with van der Waals surface area (Å²) in [7, 11) is -0.137. The molecule has 0 spiro atoms. The maximum atomic E-state index is 11.9. The summed E-state index contributed by atoms with van der Waals surface area (Å²) in [5.41, 5.74) is 0.0172. The van der Waals surface area contributed by atoms with Crippen LogP contribution in [0.25, 0.3) is 0 Å². The zero-order valence-electron chi connectivity index (χ0n) is 10.4. The van der Waals surface area contributed by atoms with Gasteiger partial charge in [0.15, 0.2) is 0 Å². The third-order valence-electron chi connectivity index (χ3n) is 1.58. The third-order valence-corrected chi connectivity index (χ3v) is 1.58. The quantitative estimate of drug-likeness (QED) is 0.512. The molecule has 0 aliphatic carbocycles. The lowest BCUT2D eigenvalue weighted by Gasteiger charge is -2.09. The van der Waals surface area contributed by atoms with Crippen molar-refractivity contribution in [2.24, 2.45) is 0 Å². The Kier molecular flexibility index (Phi) is 7.47. The molecule has 1 aromatic carbocycles. The lowest BCUT2D eigenvalue weighted by atomic mass is 10.2. The molecule has 0 aliphatic heterocycles. The number of hydrogen-bond acceptors (Lipinski definition) is 5. The van der Waals surface area contributed by atoms with Crippen LogP contribution < -0.4 is 4.74 Å². The minimum atomic E-state index is -4.77. The van der Waals surface area contributed by atoms with Crippen molar-refractivity contribution in [2.45, 2.75) is 13.3 Å². The first-order chi connectivity index (χ1) is 9.42. The number of halogens is 4. The zero-order chi connectivity index (χ0) is 16.7. The van der Waals surface area contributed by atoms with Gasteiger partial charge in [-0.2, -0.15) is 8.42 Å². The van der Waals surface area contributed by atoms with Crippen LogP contribution in [0.4, 0.5) is 13.2 Å². The summed E-state index contributed by atoms with van der Waals surface area (Å²) in [4.78, 5) is 11.2. The second-order valence-electron chi connectivity index (χ2n) is 3.21. The van der Waals surface area contributed by atoms with Crippen LogP contribution in [0, 0.1) is 0 Å². The van der Waals surface area contributed by atoms with Gasteiger partial charge in [0.2, 0.25) is 0 Å². The number of benzene rings is 1. The topological polar surface area (TPSA) is 89.9 Å². The monoisotopic (exact) mass is 350 g/mol. The Bertz CT molecular complexity index is 564. The minimum absolute atomic E-state index is 0.0172. The van der Waals surface area contributed by atoms with Gasteiger partial charge >= 0.3 is 21.7 Å². The van der Waals surface area contributed by atoms with Crippen LogP contribution >= 0.6 is 10.7 Å². The minimum Gasteiger partial charge on any atom is -0.462 e. The average Bonchev–Trinajstić information content (AvgIpc) is 2.25. The molecule has 0 aliphatic rings. The smallest absolute Gasteiger partial charge is 0.462 e. The van der Waals surface area contributed by atoms with Gasteiger partial charge in [-0.25, -0.2) is 4.79 Å². The fourth-order valence-corrected chi connectivity index (χ4v) is 1.03. The van der Waals surface area contributed by atoms with Gasteiger partial charge in [-0.1, -0.05) is 6.07 Å². The van der Waals surface area contributed by atoms with E-state index in [-0.39, 0.29) is 12.2 Å². The van der Waals surface area contributed by atoms with Crippen molar-refractivity contribution >= 4 is 26.0 Å². The molecular weight excluding hydrogens is 341 g/mol. The average molecular weight is 351 g/mol. The van der Waals surface area contributed by atoms with E-state index >= 15 is 0 Å². The summed E-state index contributed by atoms with van der Waals surface area (Å²) < 4.78 is 69.1. The lowest BCUT2D eigenvalue weighted by molar-refractivity contribution is -0.274. The first-order valence-corrected chi connectivity index (χ1v) is 7.39. The van der Waals surface area contributed by atoms with Crippen LogP contribution in [0.3, 0.4) is 0 Å². The maximum Gasteiger partial charge on any atom is 0.573 e. The standard InChI is InChI=1S/C10H9F3O3.ClHO3S/c1-2-15-9(14)7-4-3-5-8(6-7)16-10(11,12)13;1-5(2,3)4/h3-6H,2H2,1H3;(H,2,3,4). The van der Waals surface area contributed by atoms with E-state index in [0.717, 1.165) is 12.1 Å². The Hall–Kier alpha value is -1.52. The Morgan fingerprint density at radius 3 is 2.33 bits per heavy atom. The highest BCUT2D eigenvalue weighted by atomic mass is 35.7. The predicted octanol–water partition coefficient (Wildman–Crippen LogP) is 2.79. The van der Waals surface area contributed by atoms with E-state index in [4.69, 9.17) is 13.0 Å². The summed E-state index contributed by atoms with van der Waals surface area (Å²) in [6.07, 6.45) is -4.77. The number of esters is 1. The molecule has 0 amide bonds. The molecule has 0 aromatic heterocycles. The number of alkyl halides is 3. The Balaban J connectivity index is 0.000000690. The first kappa shape index (κ1) is 19.5. The van der Waals surface area contributed by atoms with E-state index < -0.39 is 27.4 Å². The fraction of sp³-hybridized carbons (Fsp3) is 0.300. The molecule has 0 bridgehead atoms. The number of hydrogen-bond donors (Lipinski definition) is 1. The van der Waals surface area contributed by atoms with Gasteiger partial charge in [-0.15, -0.1) is 13.2 Å². The molecule has 120 valence electrons. The van der Waals surface area contributed by atoms with Crippen molar-refractivity contribution < 1.29 is 40.4 Å². The van der Waals surface area contributed by atoms with Gasteiger partial charge in [0.05, 0.1) is 12.2 Å². The van der Waals surface area contributed by atoms with E-state index in [2.05, 4.69) is 20.2 Å². The number of carbonyl (C=O) groups is 1. The first-order valence-electron chi connectivity index (χ1n) is 5.12. The number of carbonyl (C=O) groups excluding carboxylic acids is 1. The summed E-state index contributed by atoms with van der Waals surface area (Å²) in [5.74, 6) is -1.13. The van der Waals surface area contributed by atoms with Gasteiger partial charge in [-0.3, -0.25) is 4.55 Å². The summed E-state index contributed by atoms with van der Waals surface area (Å²) in [5, 5.41) is 0. The molecule has 1 aromatic rings. The van der Waals surface area contributed by atoms with Crippen LogP contribution in [0.5, 0.6) is 5.75 Å². The molecule has 0 saturated heterocycles. The summed E-state index contributed by atoms with van der Waals surface area (Å²) >= 11 is 0. The maximum absolute atomic E-state index is 11.9. The van der Waals surface area contributed by atoms with Gasteiger partial charge in [0.25, 0.3) is 0 Å². The van der Waals surface area contributed by atoms with Gasteiger partial charge in [-0.05, 0) is 25.1 Å². The Morgan fingerprint density at radius 1 is 1.38 bits per heavy atom. The van der Waals surface area contributed by atoms with Gasteiger partial charge in [0.1, 0.15) is 5.75 Å². The van der Waals surface area contributed by atoms with Crippen LogP contribution in [0.2, 0.25) is 0 Å². The molecule has 0 unspecified atom stereocenters. The van der Waals surface area contributed by atoms with E-state index in [1.54, 1.807) is 6.92 Å². The second kappa shape index (κ2) is 8.05. The largest absolute Gasteiger partial charge is 0.573 e. The van der Waals surface area contributed by atoms with Crippen molar-refractivity contribution in [2.75, 3.05) is 6.61 Å². The van der Waals surface area contributed by atoms with E-state index in [1.807, 2.05) is 0 Å².